The van der Waals surface area contributed by atoms with Crippen LogP contribution in [0.25, 0.3) is 0 Å². The zero-order valence-corrected chi connectivity index (χ0v) is 10.2. The van der Waals surface area contributed by atoms with Gasteiger partial charge in [-0.2, -0.15) is 0 Å². The summed E-state index contributed by atoms with van der Waals surface area (Å²) in [6, 6.07) is 7.60. The van der Waals surface area contributed by atoms with E-state index in [2.05, 4.69) is 15.9 Å². The number of carboxylic acids is 1. The molecule has 0 aromatic heterocycles. The molecule has 1 atom stereocenters. The number of benzene rings is 1. The van der Waals surface area contributed by atoms with Crippen molar-refractivity contribution in [3.63, 3.8) is 0 Å². The third-order valence-electron chi connectivity index (χ3n) is 1.69. The van der Waals surface area contributed by atoms with Gasteiger partial charge in [0.15, 0.2) is 5.38 Å². The molecule has 0 heterocycles. The molecule has 1 aromatic carbocycles. The fraction of sp³-hybridized carbons (Fsp3) is 0.300. The van der Waals surface area contributed by atoms with Crippen molar-refractivity contribution >= 4 is 33.5 Å². The minimum Gasteiger partial charge on any atom is -0.480 e. The summed E-state index contributed by atoms with van der Waals surface area (Å²) in [6.45, 7) is 0.360. The smallest absolute Gasteiger partial charge is 0.324 e. The molecule has 1 rings (SSSR count). The van der Waals surface area contributed by atoms with Crippen LogP contribution in [0.2, 0.25) is 0 Å². The minimum absolute atomic E-state index is 0.00338. The maximum absolute atomic E-state index is 10.4. The number of ether oxygens (including phenoxy) is 1. The second kappa shape index (κ2) is 6.10. The standard InChI is InChI=1S/C10H10BrClO3/c11-8-3-1-2-7(4-8)5-15-6-9(12)10(13)14/h1-4,9H,5-6H2,(H,13,14). The Morgan fingerprint density at radius 3 is 2.93 bits per heavy atom. The number of carbonyl (C=O) groups is 1. The highest BCUT2D eigenvalue weighted by Gasteiger charge is 2.12. The van der Waals surface area contributed by atoms with Crippen LogP contribution in [0, 0.1) is 0 Å². The third-order valence-corrected chi connectivity index (χ3v) is 2.50. The quantitative estimate of drug-likeness (QED) is 0.849. The van der Waals surface area contributed by atoms with Crippen molar-refractivity contribution in [3.05, 3.63) is 34.3 Å². The van der Waals surface area contributed by atoms with Crippen molar-refractivity contribution in [2.24, 2.45) is 0 Å². The molecule has 0 spiro atoms. The van der Waals surface area contributed by atoms with Gasteiger partial charge in [0, 0.05) is 4.47 Å². The summed E-state index contributed by atoms with van der Waals surface area (Å²) < 4.78 is 6.13. The maximum atomic E-state index is 10.4. The first-order valence-corrected chi connectivity index (χ1v) is 5.51. The van der Waals surface area contributed by atoms with Crippen LogP contribution >= 0.6 is 27.5 Å². The van der Waals surface area contributed by atoms with Crippen LogP contribution in [0.3, 0.4) is 0 Å². The molecule has 0 radical (unpaired) electrons. The van der Waals surface area contributed by atoms with Gasteiger partial charge in [0.1, 0.15) is 0 Å². The van der Waals surface area contributed by atoms with Crippen molar-refractivity contribution in [3.8, 4) is 0 Å². The predicted molar refractivity (Wildman–Crippen MR) is 61.1 cm³/mol. The Kier molecular flexibility index (Phi) is 5.08. The molecule has 0 aliphatic carbocycles. The van der Waals surface area contributed by atoms with Crippen LogP contribution in [-0.4, -0.2) is 23.1 Å². The molecule has 0 saturated heterocycles. The Bertz CT molecular complexity index is 343. The van der Waals surface area contributed by atoms with E-state index < -0.39 is 11.3 Å². The molecular weight excluding hydrogens is 283 g/mol. The highest BCUT2D eigenvalue weighted by molar-refractivity contribution is 9.10. The Balaban J connectivity index is 2.35. The van der Waals surface area contributed by atoms with Gasteiger partial charge in [0.2, 0.25) is 0 Å². The van der Waals surface area contributed by atoms with Crippen LogP contribution < -0.4 is 0 Å². The fourth-order valence-corrected chi connectivity index (χ4v) is 1.51. The van der Waals surface area contributed by atoms with Crippen LogP contribution in [0.5, 0.6) is 0 Å². The van der Waals surface area contributed by atoms with Crippen molar-refractivity contribution in [2.75, 3.05) is 6.61 Å². The second-order valence-electron chi connectivity index (χ2n) is 2.95. The summed E-state index contributed by atoms with van der Waals surface area (Å²) in [5.41, 5.74) is 0.971. The van der Waals surface area contributed by atoms with Gasteiger partial charge < -0.3 is 9.84 Å². The number of rotatable bonds is 5. The number of aliphatic carboxylic acids is 1. The average molecular weight is 294 g/mol. The van der Waals surface area contributed by atoms with Gasteiger partial charge in [-0.3, -0.25) is 4.79 Å². The van der Waals surface area contributed by atoms with Crippen LogP contribution in [0.4, 0.5) is 0 Å². The van der Waals surface area contributed by atoms with E-state index in [1.54, 1.807) is 0 Å². The lowest BCUT2D eigenvalue weighted by Crippen LogP contribution is -2.19. The summed E-state index contributed by atoms with van der Waals surface area (Å²) in [7, 11) is 0. The zero-order valence-electron chi connectivity index (χ0n) is 7.82. The number of carboxylic acid groups (broad SMARTS) is 1. The molecule has 82 valence electrons. The van der Waals surface area contributed by atoms with E-state index in [-0.39, 0.29) is 6.61 Å². The van der Waals surface area contributed by atoms with E-state index in [4.69, 9.17) is 21.4 Å². The summed E-state index contributed by atoms with van der Waals surface area (Å²) in [5.74, 6) is -1.06. The summed E-state index contributed by atoms with van der Waals surface area (Å²) in [4.78, 5) is 10.4. The van der Waals surface area contributed by atoms with E-state index in [1.165, 1.54) is 0 Å². The number of alkyl halides is 1. The van der Waals surface area contributed by atoms with E-state index in [0.29, 0.717) is 6.61 Å². The molecule has 1 unspecified atom stereocenters. The first-order valence-electron chi connectivity index (χ1n) is 4.28. The molecule has 1 aromatic rings. The SMILES string of the molecule is O=C(O)C(Cl)COCc1cccc(Br)c1. The number of hydrogen-bond acceptors (Lipinski definition) is 2. The molecule has 0 fully saturated rings. The van der Waals surface area contributed by atoms with Gasteiger partial charge in [-0.15, -0.1) is 11.6 Å². The summed E-state index contributed by atoms with van der Waals surface area (Å²) in [5, 5.41) is 7.52. The number of halogens is 2. The van der Waals surface area contributed by atoms with E-state index in [0.717, 1.165) is 10.0 Å². The van der Waals surface area contributed by atoms with Gasteiger partial charge in [-0.1, -0.05) is 28.1 Å². The first kappa shape index (κ1) is 12.5. The molecule has 0 amide bonds. The minimum atomic E-state index is -1.06. The van der Waals surface area contributed by atoms with E-state index >= 15 is 0 Å². The van der Waals surface area contributed by atoms with Crippen molar-refractivity contribution in [1.29, 1.82) is 0 Å². The van der Waals surface area contributed by atoms with Crippen molar-refractivity contribution in [2.45, 2.75) is 12.0 Å². The van der Waals surface area contributed by atoms with Crippen LogP contribution in [0.15, 0.2) is 28.7 Å². The topological polar surface area (TPSA) is 46.5 Å². The Hall–Kier alpha value is -0.580. The third kappa shape index (κ3) is 4.64. The van der Waals surface area contributed by atoms with Crippen molar-refractivity contribution < 1.29 is 14.6 Å². The highest BCUT2D eigenvalue weighted by atomic mass is 79.9. The summed E-state index contributed by atoms with van der Waals surface area (Å²) in [6.07, 6.45) is 0. The lowest BCUT2D eigenvalue weighted by molar-refractivity contribution is -0.137. The van der Waals surface area contributed by atoms with Gasteiger partial charge in [-0.05, 0) is 17.7 Å². The molecule has 0 aliphatic rings. The lowest BCUT2D eigenvalue weighted by Gasteiger charge is -2.06. The van der Waals surface area contributed by atoms with Gasteiger partial charge in [0.05, 0.1) is 13.2 Å². The average Bonchev–Trinajstić information content (AvgIpc) is 2.17. The van der Waals surface area contributed by atoms with E-state index in [9.17, 15) is 4.79 Å². The highest BCUT2D eigenvalue weighted by Crippen LogP contribution is 2.12. The Morgan fingerprint density at radius 1 is 1.60 bits per heavy atom. The monoisotopic (exact) mass is 292 g/mol. The first-order chi connectivity index (χ1) is 7.09. The summed E-state index contributed by atoms with van der Waals surface area (Å²) >= 11 is 8.81. The zero-order chi connectivity index (χ0) is 11.3. The molecule has 3 nitrogen and oxygen atoms in total. The normalized spacial score (nSPS) is 12.4. The van der Waals surface area contributed by atoms with Gasteiger partial charge in [-0.25, -0.2) is 0 Å². The second-order valence-corrected chi connectivity index (χ2v) is 4.39. The largest absolute Gasteiger partial charge is 0.480 e. The van der Waals surface area contributed by atoms with Crippen molar-refractivity contribution in [1.82, 2.24) is 0 Å². The molecule has 0 saturated carbocycles. The molecule has 5 heteroatoms. The molecular formula is C10H10BrClO3. The van der Waals surface area contributed by atoms with Crippen LogP contribution in [-0.2, 0) is 16.1 Å². The van der Waals surface area contributed by atoms with Gasteiger partial charge >= 0.3 is 5.97 Å². The molecule has 15 heavy (non-hydrogen) atoms. The number of hydrogen-bond donors (Lipinski definition) is 1. The predicted octanol–water partition coefficient (Wildman–Crippen LogP) is 2.66. The molecule has 0 aliphatic heterocycles. The molecule has 1 N–H and O–H groups in total. The van der Waals surface area contributed by atoms with Gasteiger partial charge in [0.25, 0.3) is 0 Å². The maximum Gasteiger partial charge on any atom is 0.324 e. The Labute approximate surface area is 101 Å². The fourth-order valence-electron chi connectivity index (χ4n) is 0.978. The molecule has 0 bridgehead atoms. The van der Waals surface area contributed by atoms with Crippen LogP contribution in [0.1, 0.15) is 5.56 Å². The lowest BCUT2D eigenvalue weighted by atomic mass is 10.2. The Morgan fingerprint density at radius 2 is 2.33 bits per heavy atom. The van der Waals surface area contributed by atoms with E-state index in [1.807, 2.05) is 24.3 Å².